The molecule has 3 nitrogen and oxygen atoms in total. The molecule has 146 valence electrons. The topological polar surface area (TPSA) is 39.2 Å². The van der Waals surface area contributed by atoms with Crippen molar-refractivity contribution in [3.05, 3.63) is 53.4 Å². The van der Waals surface area contributed by atoms with Gasteiger partial charge in [-0.25, -0.2) is 0 Å². The number of methoxy groups -OCH3 is 1. The van der Waals surface area contributed by atoms with Crippen molar-refractivity contribution >= 4 is 11.4 Å². The SMILES string of the molecule is COc1cncc(C2=CC=C3[C@@H]4CCC5=CC(=O)CC[C@]5(C)C4CC[C@]23C)c1. The second-order valence-electron chi connectivity index (χ2n) is 9.49. The van der Waals surface area contributed by atoms with E-state index in [1.165, 1.54) is 36.0 Å². The van der Waals surface area contributed by atoms with Crippen LogP contribution in [0.5, 0.6) is 5.75 Å². The van der Waals surface area contributed by atoms with Crippen LogP contribution in [0.15, 0.2) is 47.8 Å². The van der Waals surface area contributed by atoms with Gasteiger partial charge in [0.1, 0.15) is 5.75 Å². The number of aromatic nitrogens is 1. The fraction of sp³-hybridized carbons (Fsp3) is 0.520. The minimum atomic E-state index is 0.0945. The molecule has 3 heteroatoms. The molecular formula is C25H29NO2. The minimum Gasteiger partial charge on any atom is -0.495 e. The van der Waals surface area contributed by atoms with Crippen LogP contribution in [-0.4, -0.2) is 17.9 Å². The van der Waals surface area contributed by atoms with Crippen LogP contribution in [0, 0.1) is 22.7 Å². The van der Waals surface area contributed by atoms with Crippen molar-refractivity contribution in [1.82, 2.24) is 4.98 Å². The van der Waals surface area contributed by atoms with Gasteiger partial charge in [-0.3, -0.25) is 9.78 Å². The molecule has 1 unspecified atom stereocenters. The van der Waals surface area contributed by atoms with E-state index in [1.54, 1.807) is 18.9 Å². The van der Waals surface area contributed by atoms with Gasteiger partial charge in [-0.05, 0) is 67.1 Å². The molecule has 4 aliphatic rings. The number of ether oxygens (including phenoxy) is 1. The Morgan fingerprint density at radius 1 is 1.11 bits per heavy atom. The van der Waals surface area contributed by atoms with Crippen LogP contribution in [-0.2, 0) is 4.79 Å². The zero-order chi connectivity index (χ0) is 19.5. The summed E-state index contributed by atoms with van der Waals surface area (Å²) in [5.41, 5.74) is 5.91. The number of pyridine rings is 1. The number of fused-ring (bicyclic) bond motifs is 5. The molecule has 0 spiro atoms. The number of rotatable bonds is 2. The van der Waals surface area contributed by atoms with E-state index in [0.717, 1.165) is 25.0 Å². The van der Waals surface area contributed by atoms with E-state index in [4.69, 9.17) is 4.74 Å². The third kappa shape index (κ3) is 2.41. The quantitative estimate of drug-likeness (QED) is 0.682. The van der Waals surface area contributed by atoms with Gasteiger partial charge in [-0.15, -0.1) is 0 Å². The van der Waals surface area contributed by atoms with Gasteiger partial charge in [0, 0.05) is 23.6 Å². The van der Waals surface area contributed by atoms with Gasteiger partial charge in [0.15, 0.2) is 5.78 Å². The highest BCUT2D eigenvalue weighted by Gasteiger charge is 2.54. The van der Waals surface area contributed by atoms with E-state index in [0.29, 0.717) is 17.6 Å². The Hall–Kier alpha value is -2.16. The summed E-state index contributed by atoms with van der Waals surface area (Å²) in [7, 11) is 1.70. The molecule has 0 saturated heterocycles. The molecule has 28 heavy (non-hydrogen) atoms. The Balaban J connectivity index is 1.48. The van der Waals surface area contributed by atoms with Crippen molar-refractivity contribution in [3.63, 3.8) is 0 Å². The summed E-state index contributed by atoms with van der Waals surface area (Å²) >= 11 is 0. The number of nitrogens with zero attached hydrogens (tertiary/aromatic N) is 1. The van der Waals surface area contributed by atoms with Crippen LogP contribution in [0.2, 0.25) is 0 Å². The summed E-state index contributed by atoms with van der Waals surface area (Å²) in [5, 5.41) is 0. The van der Waals surface area contributed by atoms with Crippen LogP contribution in [0.25, 0.3) is 5.57 Å². The van der Waals surface area contributed by atoms with Crippen LogP contribution >= 0.6 is 0 Å². The fourth-order valence-electron chi connectivity index (χ4n) is 6.65. The zero-order valence-corrected chi connectivity index (χ0v) is 17.1. The number of hydrogen-bond acceptors (Lipinski definition) is 3. The van der Waals surface area contributed by atoms with Gasteiger partial charge in [-0.1, -0.05) is 37.1 Å². The summed E-state index contributed by atoms with van der Waals surface area (Å²) in [6, 6.07) is 2.11. The van der Waals surface area contributed by atoms with E-state index >= 15 is 0 Å². The largest absolute Gasteiger partial charge is 0.495 e. The minimum absolute atomic E-state index is 0.0945. The van der Waals surface area contributed by atoms with Gasteiger partial charge in [0.25, 0.3) is 0 Å². The van der Waals surface area contributed by atoms with E-state index in [9.17, 15) is 4.79 Å². The van der Waals surface area contributed by atoms with Crippen molar-refractivity contribution in [1.29, 1.82) is 0 Å². The summed E-state index contributed by atoms with van der Waals surface area (Å²) in [4.78, 5) is 16.4. The molecular weight excluding hydrogens is 346 g/mol. The Labute approximate surface area is 167 Å². The predicted molar refractivity (Wildman–Crippen MR) is 111 cm³/mol. The highest BCUT2D eigenvalue weighted by atomic mass is 16.5. The van der Waals surface area contributed by atoms with Crippen LogP contribution < -0.4 is 4.74 Å². The van der Waals surface area contributed by atoms with Gasteiger partial charge < -0.3 is 4.74 Å². The number of ketones is 1. The molecule has 1 heterocycles. The fourth-order valence-corrected chi connectivity index (χ4v) is 6.65. The van der Waals surface area contributed by atoms with Crippen LogP contribution in [0.1, 0.15) is 57.9 Å². The van der Waals surface area contributed by atoms with Gasteiger partial charge in [-0.2, -0.15) is 0 Å². The third-order valence-corrected chi connectivity index (χ3v) is 8.26. The average Bonchev–Trinajstić information content (AvgIpc) is 3.06. The number of allylic oxidation sites excluding steroid dienone is 6. The Morgan fingerprint density at radius 2 is 1.96 bits per heavy atom. The summed E-state index contributed by atoms with van der Waals surface area (Å²) in [6.45, 7) is 4.85. The second kappa shape index (κ2) is 6.17. The Morgan fingerprint density at radius 3 is 2.79 bits per heavy atom. The van der Waals surface area contributed by atoms with E-state index < -0.39 is 0 Å². The lowest BCUT2D eigenvalue weighted by Crippen LogP contribution is -2.47. The second-order valence-corrected chi connectivity index (χ2v) is 9.49. The summed E-state index contributed by atoms with van der Waals surface area (Å²) in [5.74, 6) is 2.44. The average molecular weight is 376 g/mol. The first-order valence-corrected chi connectivity index (χ1v) is 10.6. The monoisotopic (exact) mass is 375 g/mol. The Kier molecular flexibility index (Phi) is 3.94. The zero-order valence-electron chi connectivity index (χ0n) is 17.1. The molecule has 1 aromatic rings. The van der Waals surface area contributed by atoms with Crippen molar-refractivity contribution < 1.29 is 9.53 Å². The molecule has 2 fully saturated rings. The van der Waals surface area contributed by atoms with E-state index in [1.807, 2.05) is 12.3 Å². The Bertz CT molecular complexity index is 940. The number of hydrogen-bond donors (Lipinski definition) is 0. The highest BCUT2D eigenvalue weighted by molar-refractivity contribution is 5.91. The molecule has 0 bridgehead atoms. The van der Waals surface area contributed by atoms with Crippen molar-refractivity contribution in [2.24, 2.45) is 22.7 Å². The molecule has 2 saturated carbocycles. The standard InChI is InChI=1S/C25H29NO2/c1-24-10-8-18(27)13-17(24)4-5-20-22-7-6-21(25(22,2)11-9-23(20)24)16-12-19(28-3)15-26-14-16/h6-7,12-15,20,23H,4-5,8-11H2,1-3H3/t20-,23?,24-,25+/m0/s1. The first kappa shape index (κ1) is 17.9. The van der Waals surface area contributed by atoms with Crippen LogP contribution in [0.4, 0.5) is 0 Å². The molecule has 0 amide bonds. The van der Waals surface area contributed by atoms with Gasteiger partial charge in [0.05, 0.1) is 13.3 Å². The van der Waals surface area contributed by atoms with Crippen molar-refractivity contribution in [2.75, 3.05) is 7.11 Å². The summed E-state index contributed by atoms with van der Waals surface area (Å²) in [6.07, 6.45) is 16.9. The van der Waals surface area contributed by atoms with E-state index in [-0.39, 0.29) is 10.8 Å². The molecule has 5 rings (SSSR count). The molecule has 0 radical (unpaired) electrons. The van der Waals surface area contributed by atoms with Crippen LogP contribution in [0.3, 0.4) is 0 Å². The van der Waals surface area contributed by atoms with Crippen molar-refractivity contribution in [2.45, 2.75) is 52.4 Å². The lowest BCUT2D eigenvalue weighted by molar-refractivity contribution is -0.116. The molecule has 4 atom stereocenters. The third-order valence-electron chi connectivity index (χ3n) is 8.26. The number of carbonyl (C=O) groups excluding carboxylic acids is 1. The smallest absolute Gasteiger partial charge is 0.155 e. The maximum absolute atomic E-state index is 12.0. The number of carbonyl (C=O) groups is 1. The van der Waals surface area contributed by atoms with E-state index in [2.05, 4.69) is 37.0 Å². The predicted octanol–water partition coefficient (Wildman–Crippen LogP) is 5.54. The normalized spacial score (nSPS) is 36.5. The first-order chi connectivity index (χ1) is 13.5. The maximum atomic E-state index is 12.0. The lowest BCUT2D eigenvalue weighted by Gasteiger charge is -2.56. The highest BCUT2D eigenvalue weighted by Crippen LogP contribution is 2.65. The van der Waals surface area contributed by atoms with Gasteiger partial charge in [0.2, 0.25) is 0 Å². The molecule has 0 aromatic carbocycles. The molecule has 0 aliphatic heterocycles. The molecule has 4 aliphatic carbocycles. The lowest BCUT2D eigenvalue weighted by atomic mass is 9.48. The summed E-state index contributed by atoms with van der Waals surface area (Å²) < 4.78 is 5.41. The first-order valence-electron chi connectivity index (χ1n) is 10.6. The molecule has 1 aromatic heterocycles. The van der Waals surface area contributed by atoms with Crippen molar-refractivity contribution in [3.8, 4) is 5.75 Å². The van der Waals surface area contributed by atoms with Gasteiger partial charge >= 0.3 is 0 Å². The maximum Gasteiger partial charge on any atom is 0.155 e. The molecule has 0 N–H and O–H groups in total.